The molecule has 4 aliphatic rings. The van der Waals surface area contributed by atoms with Crippen LogP contribution in [0.25, 0.3) is 43.4 Å². The van der Waals surface area contributed by atoms with Crippen LogP contribution in [0.1, 0.15) is 122 Å². The molecule has 81 heavy (non-hydrogen) atoms. The summed E-state index contributed by atoms with van der Waals surface area (Å²) in [6.45, 7) is 11.7. The van der Waals surface area contributed by atoms with E-state index in [-0.39, 0.29) is 96.9 Å². The number of unbranched alkanes of at least 4 members (excludes halogenated alkanes) is 4. The average molecular weight is 1130 g/mol. The molecular formula is C61H74F2N10O7S. The second-order valence-corrected chi connectivity index (χ2v) is 24.3. The van der Waals surface area contributed by atoms with Gasteiger partial charge in [-0.15, -0.1) is 11.3 Å². The molecule has 17 nitrogen and oxygen atoms in total. The molecule has 3 aromatic heterocycles. The molecule has 0 radical (unpaired) electrons. The fourth-order valence-electron chi connectivity index (χ4n) is 12.3. The van der Waals surface area contributed by atoms with Gasteiger partial charge in [-0.1, -0.05) is 77.3 Å². The van der Waals surface area contributed by atoms with Crippen molar-refractivity contribution in [2.24, 2.45) is 5.41 Å². The zero-order chi connectivity index (χ0) is 57.1. The van der Waals surface area contributed by atoms with E-state index in [0.29, 0.717) is 72.9 Å². The lowest BCUT2D eigenvalue weighted by atomic mass is 9.85. The van der Waals surface area contributed by atoms with E-state index in [1.165, 1.54) is 23.1 Å². The maximum atomic E-state index is 17.2. The first-order valence-corrected chi connectivity index (χ1v) is 29.6. The van der Waals surface area contributed by atoms with Crippen LogP contribution < -0.4 is 25.6 Å². The minimum atomic E-state index is -0.917. The van der Waals surface area contributed by atoms with Gasteiger partial charge >= 0.3 is 6.01 Å². The Morgan fingerprint density at radius 2 is 1.65 bits per heavy atom. The number of hydrogen-bond acceptors (Lipinski definition) is 14. The van der Waals surface area contributed by atoms with E-state index in [0.717, 1.165) is 66.6 Å². The minimum absolute atomic E-state index is 0.00585. The number of β-amino-alcohol motifs (C(OH)–C–C–N with tert-alkyl or cyclic N) is 1. The number of aromatic nitrogens is 4. The molecule has 2 bridgehead atoms. The molecule has 3 unspecified atom stereocenters. The van der Waals surface area contributed by atoms with Crippen LogP contribution in [0.15, 0.2) is 60.2 Å². The Labute approximate surface area is 475 Å². The number of carbonyl (C=O) groups excluding carboxylic acids is 4. The lowest BCUT2D eigenvalue weighted by Crippen LogP contribution is -2.57. The fraction of sp³-hybridized carbons (Fsp3) is 0.508. The third kappa shape index (κ3) is 12.8. The first-order chi connectivity index (χ1) is 38.9. The Hall–Kier alpha value is -6.90. The number of phenolic OH excluding ortho intramolecular Hbond substituents is 1. The van der Waals surface area contributed by atoms with Crippen LogP contribution in [-0.4, -0.2) is 133 Å². The fourth-order valence-corrected chi connectivity index (χ4v) is 13.1. The van der Waals surface area contributed by atoms with Gasteiger partial charge in [-0.2, -0.15) is 9.97 Å². The van der Waals surface area contributed by atoms with Crippen molar-refractivity contribution in [3.8, 4) is 33.5 Å². The zero-order valence-corrected chi connectivity index (χ0v) is 47.7. The molecule has 6 atom stereocenters. The molecule has 4 fully saturated rings. The topological polar surface area (TPSA) is 215 Å². The van der Waals surface area contributed by atoms with E-state index in [1.54, 1.807) is 23.6 Å². The van der Waals surface area contributed by atoms with Gasteiger partial charge in [-0.05, 0) is 103 Å². The molecule has 430 valence electrons. The molecule has 0 aliphatic carbocycles. The minimum Gasteiger partial charge on any atom is -0.508 e. The van der Waals surface area contributed by atoms with E-state index < -0.39 is 41.1 Å². The molecule has 5 N–H and O–H groups in total. The number of likely N-dealkylation sites (tertiary alicyclic amines) is 2. The summed E-state index contributed by atoms with van der Waals surface area (Å²) in [7, 11) is 0. The maximum Gasteiger partial charge on any atom is 0.319 e. The summed E-state index contributed by atoms with van der Waals surface area (Å²) in [5.74, 6) is -1.79. The summed E-state index contributed by atoms with van der Waals surface area (Å²) in [5, 5.41) is 32.4. The number of aryl methyl sites for hydroxylation is 2. The number of aliphatic hydroxyl groups is 1. The summed E-state index contributed by atoms with van der Waals surface area (Å²) < 4.78 is 38.7. The van der Waals surface area contributed by atoms with Gasteiger partial charge in [0.05, 0.1) is 33.6 Å². The largest absolute Gasteiger partial charge is 0.508 e. The molecule has 20 heteroatoms. The van der Waals surface area contributed by atoms with Crippen molar-refractivity contribution in [1.29, 1.82) is 0 Å². The maximum absolute atomic E-state index is 17.2. The molecule has 4 saturated heterocycles. The molecule has 0 saturated carbocycles. The van der Waals surface area contributed by atoms with E-state index in [4.69, 9.17) is 9.72 Å². The number of phenols is 1. The van der Waals surface area contributed by atoms with Crippen molar-refractivity contribution in [1.82, 2.24) is 45.7 Å². The molecule has 7 heterocycles. The molecular weight excluding hydrogens is 1050 g/mol. The van der Waals surface area contributed by atoms with Gasteiger partial charge in [-0.25, -0.2) is 13.8 Å². The van der Waals surface area contributed by atoms with Crippen molar-refractivity contribution in [2.75, 3.05) is 37.7 Å². The van der Waals surface area contributed by atoms with Crippen LogP contribution in [0.3, 0.4) is 0 Å². The van der Waals surface area contributed by atoms with E-state index in [1.807, 2.05) is 69.3 Å². The van der Waals surface area contributed by atoms with Gasteiger partial charge < -0.3 is 45.6 Å². The Morgan fingerprint density at radius 3 is 2.37 bits per heavy atom. The highest BCUT2D eigenvalue weighted by molar-refractivity contribution is 7.13. The summed E-state index contributed by atoms with van der Waals surface area (Å²) >= 11 is 1.57. The monoisotopic (exact) mass is 1130 g/mol. The summed E-state index contributed by atoms with van der Waals surface area (Å²) in [5.41, 5.74) is 4.59. The number of thiazole rings is 1. The number of aromatic hydroxyl groups is 1. The highest BCUT2D eigenvalue weighted by Gasteiger charge is 2.45. The summed E-state index contributed by atoms with van der Waals surface area (Å²) in [6.07, 6.45) is 8.88. The number of rotatable bonds is 20. The van der Waals surface area contributed by atoms with Crippen LogP contribution in [0.5, 0.6) is 11.8 Å². The van der Waals surface area contributed by atoms with Crippen LogP contribution in [0.4, 0.5) is 14.6 Å². The summed E-state index contributed by atoms with van der Waals surface area (Å²) in [6, 6.07) is 12.2. The highest BCUT2D eigenvalue weighted by Crippen LogP contribution is 2.40. The Morgan fingerprint density at radius 1 is 0.914 bits per heavy atom. The van der Waals surface area contributed by atoms with Crippen molar-refractivity contribution < 1.29 is 42.9 Å². The van der Waals surface area contributed by atoms with Crippen molar-refractivity contribution in [3.05, 3.63) is 88.7 Å². The van der Waals surface area contributed by atoms with Gasteiger partial charge in [-0.3, -0.25) is 24.2 Å². The standard InChI is InChI=1S/C61H74F2N10O7S/c1-6-44-47(62)23-20-38-25-42(74)26-45(51(38)44)53-52(63)54-46(29-64-53)57(71-30-39-21-22-40(31-71)67-39)70-60(69-54)80-33-41-13-12-24-72(41)50(77)15-11-9-7-8-10-14-49(76)68-56(61(3,4)5)59(79)73-32-43(75)27-48(73)58(78)65-28-36-16-18-37(19-17-36)55-35(2)66-34-81-55/h16-20,23,25-26,29,34,39-41,43,48,56,67,74-75H,6-15,21-22,24,27-28,30-33H2,1-5H3,(H,65,78)(H,68,76)/t39?,40?,41-,43+,48-,56?/m0/s1. The van der Waals surface area contributed by atoms with Crippen molar-refractivity contribution >= 4 is 62.5 Å². The van der Waals surface area contributed by atoms with Crippen LogP contribution in [0, 0.1) is 24.0 Å². The molecule has 10 rings (SSSR count). The van der Waals surface area contributed by atoms with Gasteiger partial charge in [0.1, 0.15) is 47.3 Å². The first-order valence-electron chi connectivity index (χ1n) is 28.7. The molecule has 3 aromatic carbocycles. The number of ether oxygens (including phenoxy) is 1. The van der Waals surface area contributed by atoms with Crippen molar-refractivity contribution in [3.63, 3.8) is 0 Å². The lowest BCUT2D eigenvalue weighted by Gasteiger charge is -2.35. The van der Waals surface area contributed by atoms with Crippen molar-refractivity contribution in [2.45, 2.75) is 161 Å². The highest BCUT2D eigenvalue weighted by atomic mass is 32.1. The first kappa shape index (κ1) is 57.3. The lowest BCUT2D eigenvalue weighted by molar-refractivity contribution is -0.144. The van der Waals surface area contributed by atoms with Gasteiger partial charge in [0.15, 0.2) is 5.82 Å². The zero-order valence-electron chi connectivity index (χ0n) is 46.9. The molecule has 0 spiro atoms. The quantitative estimate of drug-likeness (QED) is 0.0453. The number of hydrogen-bond donors (Lipinski definition) is 5. The number of aliphatic hydroxyl groups excluding tert-OH is 1. The average Bonchev–Trinajstić information content (AvgIpc) is 4.29. The Balaban J connectivity index is 0.708. The van der Waals surface area contributed by atoms with Crippen LogP contribution in [0.2, 0.25) is 0 Å². The second kappa shape index (κ2) is 24.7. The Kier molecular flexibility index (Phi) is 17.5. The smallest absolute Gasteiger partial charge is 0.319 e. The number of nitrogens with zero attached hydrogens (tertiary/aromatic N) is 7. The number of halogens is 2. The second-order valence-electron chi connectivity index (χ2n) is 23.4. The molecule has 6 aromatic rings. The van der Waals surface area contributed by atoms with E-state index >= 15 is 8.78 Å². The number of carbonyl (C=O) groups is 4. The van der Waals surface area contributed by atoms with E-state index in [2.05, 4.69) is 35.8 Å². The third-order valence-electron chi connectivity index (χ3n) is 16.5. The summed E-state index contributed by atoms with van der Waals surface area (Å²) in [4.78, 5) is 79.7. The van der Waals surface area contributed by atoms with Gasteiger partial charge in [0.2, 0.25) is 23.6 Å². The predicted octanol–water partition coefficient (Wildman–Crippen LogP) is 8.67. The van der Waals surface area contributed by atoms with Gasteiger partial charge in [0, 0.05) is 75.8 Å². The number of benzene rings is 3. The number of piperazine rings is 1. The number of amides is 4. The van der Waals surface area contributed by atoms with Crippen LogP contribution >= 0.6 is 11.3 Å². The Bertz CT molecular complexity index is 3290. The normalized spacial score (nSPS) is 20.3. The molecule has 4 aliphatic heterocycles. The van der Waals surface area contributed by atoms with E-state index in [9.17, 15) is 29.4 Å². The molecule has 4 amide bonds. The predicted molar refractivity (Wildman–Crippen MR) is 308 cm³/mol. The SMILES string of the molecule is CCc1c(F)ccc2cc(O)cc(-c3ncc4c(N5CC6CCC(C5)N6)nc(OC[C@@H]5CCCN5C(=O)CCCCCCCC(=O)NC(C(=O)N5C[C@H](O)C[C@H]5C(=O)NCc5ccc(-c6scnc6C)cc5)C(C)(C)C)nc4c3F)c12. The number of nitrogens with one attached hydrogen (secondary N) is 3. The van der Waals surface area contributed by atoms with Crippen LogP contribution in [-0.2, 0) is 32.1 Å². The number of pyridine rings is 1. The third-order valence-corrected chi connectivity index (χ3v) is 17.5. The van der Waals surface area contributed by atoms with Gasteiger partial charge in [0.25, 0.3) is 0 Å². The number of anilines is 1. The number of fused-ring (bicyclic) bond motifs is 4.